The highest BCUT2D eigenvalue weighted by atomic mass is 16.5. The summed E-state index contributed by atoms with van der Waals surface area (Å²) in [5.41, 5.74) is 2.27. The smallest absolute Gasteiger partial charge is 0.194 e. The number of nitrogens with one attached hydrogen (secondary N) is 1. The number of aliphatic imine (C=N–C) groups is 1. The number of aromatic nitrogens is 4. The molecule has 0 aromatic carbocycles. The zero-order valence-electron chi connectivity index (χ0n) is 17.5. The third kappa shape index (κ3) is 4.90. The van der Waals surface area contributed by atoms with Crippen LogP contribution in [0.25, 0.3) is 0 Å². The molecule has 1 N–H and O–H groups in total. The van der Waals surface area contributed by atoms with Gasteiger partial charge in [0.1, 0.15) is 6.10 Å². The SMILES string of the molecule is CCNC(=NCC(c1cnn(C)c1)N(C)C)N1CCOC(c2cnn(C)c2)C1. The first-order chi connectivity index (χ1) is 13.5. The predicted molar refractivity (Wildman–Crippen MR) is 109 cm³/mol. The van der Waals surface area contributed by atoms with Crippen LogP contribution in [0.5, 0.6) is 0 Å². The van der Waals surface area contributed by atoms with Crippen LogP contribution in [0.4, 0.5) is 0 Å². The van der Waals surface area contributed by atoms with Crippen molar-refractivity contribution in [3.63, 3.8) is 0 Å². The molecule has 28 heavy (non-hydrogen) atoms. The van der Waals surface area contributed by atoms with Crippen molar-refractivity contribution in [2.24, 2.45) is 19.1 Å². The lowest BCUT2D eigenvalue weighted by atomic mass is 10.1. The minimum absolute atomic E-state index is 0.00859. The standard InChI is InChI=1S/C19H32N8O/c1-6-20-19(21-11-17(24(2)3)15-9-22-25(4)12-15)27-7-8-28-18(14-27)16-10-23-26(5)13-16/h9-10,12-13,17-18H,6-8,11,14H2,1-5H3,(H,20,21). The van der Waals surface area contributed by atoms with Crippen LogP contribution in [0.15, 0.2) is 29.8 Å². The number of guanidine groups is 1. The molecular weight excluding hydrogens is 356 g/mol. The number of hydrogen-bond acceptors (Lipinski definition) is 5. The molecule has 1 aliphatic rings. The summed E-state index contributed by atoms with van der Waals surface area (Å²) in [4.78, 5) is 9.41. The molecule has 0 saturated carbocycles. The molecule has 2 unspecified atom stereocenters. The van der Waals surface area contributed by atoms with Gasteiger partial charge in [0.05, 0.1) is 38.1 Å². The average Bonchev–Trinajstić information content (AvgIpc) is 3.29. The lowest BCUT2D eigenvalue weighted by Crippen LogP contribution is -2.48. The second-order valence-electron chi connectivity index (χ2n) is 7.37. The van der Waals surface area contributed by atoms with Gasteiger partial charge in [-0.05, 0) is 21.0 Å². The van der Waals surface area contributed by atoms with Crippen LogP contribution >= 0.6 is 0 Å². The topological polar surface area (TPSA) is 75.7 Å². The van der Waals surface area contributed by atoms with E-state index in [1.807, 2.05) is 42.0 Å². The van der Waals surface area contributed by atoms with Gasteiger partial charge in [0.2, 0.25) is 0 Å². The van der Waals surface area contributed by atoms with Crippen molar-refractivity contribution in [2.45, 2.75) is 19.1 Å². The van der Waals surface area contributed by atoms with Crippen LogP contribution in [-0.2, 0) is 18.8 Å². The van der Waals surface area contributed by atoms with Crippen molar-refractivity contribution in [2.75, 3.05) is 46.9 Å². The Kier molecular flexibility index (Phi) is 6.69. The average molecular weight is 389 g/mol. The Hall–Kier alpha value is -2.39. The van der Waals surface area contributed by atoms with Crippen molar-refractivity contribution in [1.82, 2.24) is 34.7 Å². The summed E-state index contributed by atoms with van der Waals surface area (Å²) in [6.07, 6.45) is 7.88. The van der Waals surface area contributed by atoms with Crippen molar-refractivity contribution < 1.29 is 4.74 Å². The first-order valence-electron chi connectivity index (χ1n) is 9.76. The van der Waals surface area contributed by atoms with E-state index < -0.39 is 0 Å². The van der Waals surface area contributed by atoms with Gasteiger partial charge in [0, 0.05) is 50.7 Å². The van der Waals surface area contributed by atoms with Gasteiger partial charge in [0.25, 0.3) is 0 Å². The van der Waals surface area contributed by atoms with Crippen molar-refractivity contribution >= 4 is 5.96 Å². The van der Waals surface area contributed by atoms with E-state index in [0.717, 1.165) is 31.2 Å². The molecule has 154 valence electrons. The number of aryl methyl sites for hydroxylation is 2. The van der Waals surface area contributed by atoms with Gasteiger partial charge in [-0.25, -0.2) is 0 Å². The van der Waals surface area contributed by atoms with Gasteiger partial charge in [-0.2, -0.15) is 10.2 Å². The quantitative estimate of drug-likeness (QED) is 0.583. The first kappa shape index (κ1) is 20.3. The summed E-state index contributed by atoms with van der Waals surface area (Å²) in [6.45, 7) is 5.84. The fourth-order valence-electron chi connectivity index (χ4n) is 3.43. The molecule has 1 fully saturated rings. The molecular formula is C19H32N8O. The van der Waals surface area contributed by atoms with Gasteiger partial charge >= 0.3 is 0 Å². The molecule has 2 atom stereocenters. The third-order valence-corrected chi connectivity index (χ3v) is 4.94. The summed E-state index contributed by atoms with van der Waals surface area (Å²) in [7, 11) is 8.02. The number of hydrogen-bond donors (Lipinski definition) is 1. The largest absolute Gasteiger partial charge is 0.370 e. The fraction of sp³-hybridized carbons (Fsp3) is 0.632. The lowest BCUT2D eigenvalue weighted by molar-refractivity contribution is -0.00807. The number of nitrogens with zero attached hydrogens (tertiary/aromatic N) is 7. The van der Waals surface area contributed by atoms with Gasteiger partial charge in [-0.1, -0.05) is 0 Å². The van der Waals surface area contributed by atoms with Gasteiger partial charge in [-0.3, -0.25) is 14.4 Å². The van der Waals surface area contributed by atoms with E-state index in [0.29, 0.717) is 13.2 Å². The Morgan fingerprint density at radius 1 is 1.29 bits per heavy atom. The first-order valence-corrected chi connectivity index (χ1v) is 9.76. The van der Waals surface area contributed by atoms with E-state index in [2.05, 4.69) is 52.5 Å². The normalized spacial score (nSPS) is 19.3. The van der Waals surface area contributed by atoms with Crippen LogP contribution in [0.1, 0.15) is 30.2 Å². The van der Waals surface area contributed by atoms with Crippen LogP contribution in [0.3, 0.4) is 0 Å². The van der Waals surface area contributed by atoms with Gasteiger partial charge < -0.3 is 19.9 Å². The van der Waals surface area contributed by atoms with Crippen LogP contribution in [0, 0.1) is 0 Å². The monoisotopic (exact) mass is 388 g/mol. The molecule has 0 aliphatic carbocycles. The molecule has 9 heteroatoms. The molecule has 0 amide bonds. The van der Waals surface area contributed by atoms with E-state index in [1.54, 1.807) is 0 Å². The number of likely N-dealkylation sites (N-methyl/N-ethyl adjacent to an activating group) is 1. The van der Waals surface area contributed by atoms with Gasteiger partial charge in [0.15, 0.2) is 5.96 Å². The molecule has 3 rings (SSSR count). The van der Waals surface area contributed by atoms with E-state index in [1.165, 1.54) is 5.56 Å². The Morgan fingerprint density at radius 3 is 2.64 bits per heavy atom. The third-order valence-electron chi connectivity index (χ3n) is 4.94. The second-order valence-corrected chi connectivity index (χ2v) is 7.37. The summed E-state index contributed by atoms with van der Waals surface area (Å²) in [6, 6.07) is 0.178. The number of ether oxygens (including phenoxy) is 1. The maximum Gasteiger partial charge on any atom is 0.194 e. The molecule has 9 nitrogen and oxygen atoms in total. The van der Waals surface area contributed by atoms with Crippen molar-refractivity contribution in [3.8, 4) is 0 Å². The maximum absolute atomic E-state index is 5.97. The van der Waals surface area contributed by atoms with Crippen molar-refractivity contribution in [3.05, 3.63) is 35.9 Å². The molecule has 3 heterocycles. The number of rotatable bonds is 6. The van der Waals surface area contributed by atoms with E-state index >= 15 is 0 Å². The number of morpholine rings is 1. The van der Waals surface area contributed by atoms with E-state index in [4.69, 9.17) is 9.73 Å². The molecule has 1 saturated heterocycles. The lowest BCUT2D eigenvalue weighted by Gasteiger charge is -2.35. The molecule has 1 aliphatic heterocycles. The highest BCUT2D eigenvalue weighted by Crippen LogP contribution is 2.22. The summed E-state index contributed by atoms with van der Waals surface area (Å²) in [5.74, 6) is 0.926. The minimum Gasteiger partial charge on any atom is -0.370 e. The van der Waals surface area contributed by atoms with E-state index in [-0.39, 0.29) is 12.1 Å². The fourth-order valence-corrected chi connectivity index (χ4v) is 3.43. The predicted octanol–water partition coefficient (Wildman–Crippen LogP) is 0.795. The highest BCUT2D eigenvalue weighted by Gasteiger charge is 2.25. The molecule has 0 radical (unpaired) electrons. The summed E-state index contributed by atoms with van der Waals surface area (Å²) < 4.78 is 9.62. The molecule has 2 aromatic heterocycles. The Balaban J connectivity index is 1.73. The van der Waals surface area contributed by atoms with E-state index in [9.17, 15) is 0 Å². The minimum atomic E-state index is 0.00859. The summed E-state index contributed by atoms with van der Waals surface area (Å²) >= 11 is 0. The Labute approximate surface area is 167 Å². The molecule has 0 spiro atoms. The highest BCUT2D eigenvalue weighted by molar-refractivity contribution is 5.80. The van der Waals surface area contributed by atoms with Gasteiger partial charge in [-0.15, -0.1) is 0 Å². The Morgan fingerprint density at radius 2 is 2.04 bits per heavy atom. The van der Waals surface area contributed by atoms with Crippen LogP contribution in [-0.4, -0.2) is 82.2 Å². The molecule has 2 aromatic rings. The molecule has 0 bridgehead atoms. The zero-order chi connectivity index (χ0) is 20.1. The zero-order valence-corrected chi connectivity index (χ0v) is 17.5. The maximum atomic E-state index is 5.97. The summed E-state index contributed by atoms with van der Waals surface area (Å²) in [5, 5.41) is 12.0. The van der Waals surface area contributed by atoms with Crippen LogP contribution < -0.4 is 5.32 Å². The Bertz CT molecular complexity index is 781. The second kappa shape index (κ2) is 9.20. The van der Waals surface area contributed by atoms with Crippen molar-refractivity contribution in [1.29, 1.82) is 0 Å². The van der Waals surface area contributed by atoms with Crippen LogP contribution in [0.2, 0.25) is 0 Å².